The highest BCUT2D eigenvalue weighted by atomic mass is 19.1. The number of fused-ring (bicyclic) bond motifs is 2. The summed E-state index contributed by atoms with van der Waals surface area (Å²) in [6.45, 7) is 0. The van der Waals surface area contributed by atoms with Crippen molar-refractivity contribution in [1.29, 1.82) is 0 Å². The van der Waals surface area contributed by atoms with Gasteiger partial charge in [0.15, 0.2) is 0 Å². The van der Waals surface area contributed by atoms with E-state index in [-0.39, 0.29) is 11.9 Å². The van der Waals surface area contributed by atoms with Gasteiger partial charge in [-0.2, -0.15) is 0 Å². The van der Waals surface area contributed by atoms with Gasteiger partial charge in [0.1, 0.15) is 17.7 Å². The fourth-order valence-corrected chi connectivity index (χ4v) is 4.78. The van der Waals surface area contributed by atoms with Crippen molar-refractivity contribution in [3.63, 3.8) is 0 Å². The van der Waals surface area contributed by atoms with Crippen LogP contribution in [0.5, 0.6) is 5.75 Å². The molecule has 0 radical (unpaired) electrons. The van der Waals surface area contributed by atoms with Gasteiger partial charge in [0, 0.05) is 17.1 Å². The lowest BCUT2D eigenvalue weighted by molar-refractivity contribution is 0.203. The summed E-state index contributed by atoms with van der Waals surface area (Å²) in [5.74, 6) is 1.36. The predicted octanol–water partition coefficient (Wildman–Crippen LogP) is 6.98. The van der Waals surface area contributed by atoms with E-state index >= 15 is 0 Å². The van der Waals surface area contributed by atoms with Gasteiger partial charge in [-0.05, 0) is 84.2 Å². The van der Waals surface area contributed by atoms with E-state index in [1.165, 1.54) is 18.4 Å². The molecule has 3 aromatic carbocycles. The highest BCUT2D eigenvalue weighted by molar-refractivity contribution is 5.95. The minimum Gasteiger partial charge on any atom is -0.486 e. The Kier molecular flexibility index (Phi) is 4.08. The smallest absolute Gasteiger partial charge is 0.130 e. The molecule has 0 N–H and O–H groups in total. The number of rotatable bonds is 4. The van der Waals surface area contributed by atoms with Gasteiger partial charge in [-0.3, -0.25) is 4.98 Å². The van der Waals surface area contributed by atoms with E-state index in [0.717, 1.165) is 52.1 Å². The maximum Gasteiger partial charge on any atom is 0.130 e. The average molecular weight is 395 g/mol. The third-order valence-electron chi connectivity index (χ3n) is 6.43. The Morgan fingerprint density at radius 1 is 0.833 bits per heavy atom. The number of halogens is 1. The Morgan fingerprint density at radius 3 is 2.53 bits per heavy atom. The third-order valence-corrected chi connectivity index (χ3v) is 6.43. The van der Waals surface area contributed by atoms with Gasteiger partial charge in [0.2, 0.25) is 0 Å². The van der Waals surface area contributed by atoms with Crippen molar-refractivity contribution in [3.8, 4) is 16.9 Å². The first-order chi connectivity index (χ1) is 14.8. The zero-order valence-corrected chi connectivity index (χ0v) is 16.6. The summed E-state index contributed by atoms with van der Waals surface area (Å²) in [5, 5.41) is 1.09. The van der Waals surface area contributed by atoms with Crippen LogP contribution in [0.3, 0.4) is 0 Å². The molecule has 0 amide bonds. The first kappa shape index (κ1) is 17.6. The molecule has 1 atom stereocenters. The number of benzene rings is 3. The molecule has 0 aliphatic heterocycles. The molecule has 6 rings (SSSR count). The van der Waals surface area contributed by atoms with Crippen molar-refractivity contribution in [1.82, 2.24) is 4.98 Å². The molecule has 0 bridgehead atoms. The maximum absolute atomic E-state index is 14.9. The molecule has 1 heterocycles. The first-order valence-electron chi connectivity index (χ1n) is 10.7. The number of ether oxygens (including phenoxy) is 1. The summed E-state index contributed by atoms with van der Waals surface area (Å²) >= 11 is 0. The number of hydrogen-bond donors (Lipinski definition) is 0. The van der Waals surface area contributed by atoms with Crippen molar-refractivity contribution in [3.05, 3.63) is 95.4 Å². The fourth-order valence-electron chi connectivity index (χ4n) is 4.78. The molecule has 0 spiro atoms. The monoisotopic (exact) mass is 395 g/mol. The lowest BCUT2D eigenvalue weighted by atomic mass is 9.93. The first-order valence-corrected chi connectivity index (χ1v) is 10.7. The molecule has 2 aliphatic rings. The van der Waals surface area contributed by atoms with Crippen LogP contribution in [0.4, 0.5) is 4.39 Å². The van der Waals surface area contributed by atoms with Gasteiger partial charge in [-0.25, -0.2) is 4.39 Å². The van der Waals surface area contributed by atoms with Crippen molar-refractivity contribution in [2.75, 3.05) is 0 Å². The molecule has 2 nitrogen and oxygen atoms in total. The molecule has 148 valence electrons. The van der Waals surface area contributed by atoms with Gasteiger partial charge in [0.05, 0.1) is 5.52 Å². The summed E-state index contributed by atoms with van der Waals surface area (Å²) < 4.78 is 21.2. The van der Waals surface area contributed by atoms with E-state index in [2.05, 4.69) is 29.2 Å². The number of pyridine rings is 1. The topological polar surface area (TPSA) is 22.1 Å². The second-order valence-corrected chi connectivity index (χ2v) is 8.35. The van der Waals surface area contributed by atoms with Crippen LogP contribution in [0.15, 0.2) is 72.9 Å². The Hall–Kier alpha value is -3.20. The summed E-state index contributed by atoms with van der Waals surface area (Å²) in [6.07, 6.45) is 5.72. The highest BCUT2D eigenvalue weighted by Crippen LogP contribution is 2.44. The van der Waals surface area contributed by atoms with E-state index in [0.29, 0.717) is 5.56 Å². The number of nitrogens with zero attached hydrogens (tertiary/aromatic N) is 1. The minimum atomic E-state index is -0.250. The number of aromatic nitrogens is 1. The van der Waals surface area contributed by atoms with Crippen LogP contribution < -0.4 is 4.74 Å². The molecule has 1 fully saturated rings. The van der Waals surface area contributed by atoms with Gasteiger partial charge in [-0.1, -0.05) is 36.4 Å². The van der Waals surface area contributed by atoms with Crippen LogP contribution in [-0.4, -0.2) is 4.98 Å². The van der Waals surface area contributed by atoms with Gasteiger partial charge in [0.25, 0.3) is 0 Å². The van der Waals surface area contributed by atoms with E-state index in [9.17, 15) is 4.39 Å². The summed E-state index contributed by atoms with van der Waals surface area (Å²) in [7, 11) is 0. The summed E-state index contributed by atoms with van der Waals surface area (Å²) in [4.78, 5) is 4.47. The quantitative estimate of drug-likeness (QED) is 0.372. The van der Waals surface area contributed by atoms with Gasteiger partial charge < -0.3 is 4.74 Å². The molecule has 1 aromatic heterocycles. The zero-order valence-electron chi connectivity index (χ0n) is 16.6. The lowest BCUT2D eigenvalue weighted by Crippen LogP contribution is -2.06. The normalized spacial score (nSPS) is 17.8. The van der Waals surface area contributed by atoms with Crippen LogP contribution in [0.25, 0.3) is 22.0 Å². The lowest BCUT2D eigenvalue weighted by Gasteiger charge is -2.17. The molecule has 2 aliphatic carbocycles. The van der Waals surface area contributed by atoms with Crippen LogP contribution in [0.2, 0.25) is 0 Å². The van der Waals surface area contributed by atoms with Gasteiger partial charge in [-0.15, -0.1) is 0 Å². The Balaban J connectivity index is 1.38. The zero-order chi connectivity index (χ0) is 20.1. The maximum atomic E-state index is 14.9. The van der Waals surface area contributed by atoms with Crippen molar-refractivity contribution >= 4 is 10.9 Å². The summed E-state index contributed by atoms with van der Waals surface area (Å²) in [6, 6.07) is 22.0. The highest BCUT2D eigenvalue weighted by Gasteiger charge is 2.31. The molecular weight excluding hydrogens is 373 g/mol. The van der Waals surface area contributed by atoms with Crippen molar-refractivity contribution in [2.45, 2.75) is 37.7 Å². The third kappa shape index (κ3) is 2.97. The van der Waals surface area contributed by atoms with Gasteiger partial charge >= 0.3 is 0 Å². The standard InChI is InChI=1S/C27H22FNO/c28-24-14-12-21(20-3-1-5-25-22(20)4-2-16-29-25)23-13-15-26(27(23)24)30-19-10-8-18(9-11-19)17-6-7-17/h1-5,8-12,14,16-17,26H,6-7,13,15H2. The van der Waals surface area contributed by atoms with Crippen LogP contribution in [0.1, 0.15) is 48.0 Å². The predicted molar refractivity (Wildman–Crippen MR) is 117 cm³/mol. The van der Waals surface area contributed by atoms with E-state index in [4.69, 9.17) is 4.74 Å². The molecule has 0 saturated heterocycles. The minimum absolute atomic E-state index is 0.177. The van der Waals surface area contributed by atoms with Crippen LogP contribution in [0, 0.1) is 5.82 Å². The molecule has 4 aromatic rings. The molecule has 1 unspecified atom stereocenters. The second-order valence-electron chi connectivity index (χ2n) is 8.35. The summed E-state index contributed by atoms with van der Waals surface area (Å²) in [5.41, 5.74) is 6.29. The molecular formula is C27H22FNO. The van der Waals surface area contributed by atoms with Crippen LogP contribution in [-0.2, 0) is 6.42 Å². The largest absolute Gasteiger partial charge is 0.486 e. The average Bonchev–Trinajstić information content (AvgIpc) is 3.55. The van der Waals surface area contributed by atoms with E-state index in [1.54, 1.807) is 12.3 Å². The Labute approximate surface area is 175 Å². The SMILES string of the molecule is Fc1ccc(-c2cccc3ncccc23)c2c1C(Oc1ccc(C3CC3)cc1)CC2. The van der Waals surface area contributed by atoms with E-state index in [1.807, 2.05) is 36.4 Å². The molecule has 3 heteroatoms. The number of hydrogen-bond acceptors (Lipinski definition) is 2. The van der Waals surface area contributed by atoms with E-state index < -0.39 is 0 Å². The Bertz CT molecular complexity index is 1240. The second kappa shape index (κ2) is 6.94. The fraction of sp³-hybridized carbons (Fsp3) is 0.222. The van der Waals surface area contributed by atoms with Crippen LogP contribution >= 0.6 is 0 Å². The Morgan fingerprint density at radius 2 is 1.70 bits per heavy atom. The van der Waals surface area contributed by atoms with Crippen molar-refractivity contribution in [2.24, 2.45) is 0 Å². The molecule has 30 heavy (non-hydrogen) atoms. The molecule has 1 saturated carbocycles. The van der Waals surface area contributed by atoms with Crippen molar-refractivity contribution < 1.29 is 9.13 Å².